The topological polar surface area (TPSA) is 39.6 Å². The van der Waals surface area contributed by atoms with Crippen molar-refractivity contribution in [2.75, 3.05) is 33.2 Å². The monoisotopic (exact) mass is 351 g/mol. The normalized spacial score (nSPS) is 27.7. The molecule has 4 rings (SSSR count). The Labute approximate surface area is 156 Å². The van der Waals surface area contributed by atoms with Crippen LogP contribution >= 0.6 is 0 Å². The molecular weight excluding hydrogens is 322 g/mol. The highest BCUT2D eigenvalue weighted by Gasteiger charge is 2.44. The van der Waals surface area contributed by atoms with Crippen LogP contribution in [0.25, 0.3) is 11.1 Å². The smallest absolute Gasteiger partial charge is 0.0633 e. The van der Waals surface area contributed by atoms with E-state index in [1.165, 1.54) is 17.5 Å². The van der Waals surface area contributed by atoms with Crippen molar-refractivity contribution in [3.63, 3.8) is 0 Å². The van der Waals surface area contributed by atoms with E-state index in [1.807, 2.05) is 12.3 Å². The zero-order chi connectivity index (χ0) is 18.0. The van der Waals surface area contributed by atoms with Crippen LogP contribution in [0.3, 0.4) is 0 Å². The highest BCUT2D eigenvalue weighted by atomic mass is 16.3. The van der Waals surface area contributed by atoms with E-state index < -0.39 is 0 Å². The summed E-state index contributed by atoms with van der Waals surface area (Å²) in [6, 6.07) is 12.9. The molecule has 1 aromatic carbocycles. The molecule has 1 aromatic heterocycles. The Morgan fingerprint density at radius 1 is 1.12 bits per heavy atom. The molecule has 26 heavy (non-hydrogen) atoms. The molecule has 1 N–H and O–H groups in total. The molecule has 2 aliphatic heterocycles. The second-order valence-corrected chi connectivity index (χ2v) is 8.16. The Bertz CT molecular complexity index is 718. The quantitative estimate of drug-likeness (QED) is 0.923. The van der Waals surface area contributed by atoms with Gasteiger partial charge in [0.25, 0.3) is 0 Å². The summed E-state index contributed by atoms with van der Waals surface area (Å²) in [7, 11) is 2.18. The molecule has 3 heterocycles. The van der Waals surface area contributed by atoms with E-state index in [4.69, 9.17) is 0 Å². The summed E-state index contributed by atoms with van der Waals surface area (Å²) < 4.78 is 0. The predicted molar refractivity (Wildman–Crippen MR) is 105 cm³/mol. The summed E-state index contributed by atoms with van der Waals surface area (Å²) >= 11 is 0. The first-order valence-electron chi connectivity index (χ1n) is 9.73. The molecule has 2 aromatic rings. The maximum absolute atomic E-state index is 10.7. The van der Waals surface area contributed by atoms with Crippen LogP contribution in [0.2, 0.25) is 0 Å². The number of aliphatic hydroxyl groups excluding tert-OH is 1. The molecule has 0 unspecified atom stereocenters. The minimum absolute atomic E-state index is 0.0564. The number of likely N-dealkylation sites (tertiary alicyclic amines) is 2. The van der Waals surface area contributed by atoms with Crippen LogP contribution < -0.4 is 0 Å². The molecule has 2 aliphatic rings. The predicted octanol–water partition coefficient (Wildman–Crippen LogP) is 3.03. The molecule has 4 nitrogen and oxygen atoms in total. The lowest BCUT2D eigenvalue weighted by atomic mass is 9.71. The van der Waals surface area contributed by atoms with E-state index in [0.29, 0.717) is 0 Å². The van der Waals surface area contributed by atoms with Crippen molar-refractivity contribution < 1.29 is 5.11 Å². The summed E-state index contributed by atoms with van der Waals surface area (Å²) in [5.74, 6) is 0. The van der Waals surface area contributed by atoms with E-state index in [9.17, 15) is 5.11 Å². The zero-order valence-electron chi connectivity index (χ0n) is 15.6. The number of pyridine rings is 1. The molecule has 2 fully saturated rings. The lowest BCUT2D eigenvalue weighted by Gasteiger charge is -2.50. The zero-order valence-corrected chi connectivity index (χ0v) is 15.6. The summed E-state index contributed by atoms with van der Waals surface area (Å²) in [5.41, 5.74) is 3.76. The molecule has 0 aliphatic carbocycles. The molecule has 4 heteroatoms. The van der Waals surface area contributed by atoms with Crippen LogP contribution in [-0.4, -0.2) is 59.2 Å². The number of hydrogen-bond acceptors (Lipinski definition) is 4. The molecule has 1 spiro atoms. The molecule has 2 atom stereocenters. The van der Waals surface area contributed by atoms with Crippen molar-refractivity contribution in [1.82, 2.24) is 14.8 Å². The number of nitrogens with zero attached hydrogens (tertiary/aromatic N) is 3. The third-order valence-corrected chi connectivity index (χ3v) is 6.12. The second kappa shape index (κ2) is 7.47. The van der Waals surface area contributed by atoms with E-state index in [1.54, 1.807) is 6.20 Å². The van der Waals surface area contributed by atoms with E-state index in [-0.39, 0.29) is 11.5 Å². The number of benzene rings is 1. The third-order valence-electron chi connectivity index (χ3n) is 6.12. The number of aliphatic hydroxyl groups is 1. The standard InChI is InChI=1S/C22H29N3O/c1-24-13-9-21(26)22(16-24)10-3-12-25(17-22)15-18-5-7-19(8-6-18)20-4-2-11-23-14-20/h2,4-8,11,14,21,26H,3,9-10,12-13,15-17H2,1H3/t21-,22-/m0/s1. The average Bonchev–Trinajstić information content (AvgIpc) is 2.67. The van der Waals surface area contributed by atoms with Crippen molar-refractivity contribution in [2.45, 2.75) is 31.9 Å². The van der Waals surface area contributed by atoms with Crippen molar-refractivity contribution in [1.29, 1.82) is 0 Å². The number of rotatable bonds is 3. The first-order chi connectivity index (χ1) is 12.6. The van der Waals surface area contributed by atoms with Crippen LogP contribution in [-0.2, 0) is 6.54 Å². The molecule has 0 amide bonds. The van der Waals surface area contributed by atoms with Gasteiger partial charge in [-0.1, -0.05) is 30.3 Å². The maximum atomic E-state index is 10.7. The fourth-order valence-corrected chi connectivity index (χ4v) is 4.76. The van der Waals surface area contributed by atoms with Crippen LogP contribution in [0, 0.1) is 5.41 Å². The van der Waals surface area contributed by atoms with Gasteiger partial charge >= 0.3 is 0 Å². The average molecular weight is 351 g/mol. The second-order valence-electron chi connectivity index (χ2n) is 8.16. The Hall–Kier alpha value is -1.75. The summed E-state index contributed by atoms with van der Waals surface area (Å²) in [5, 5.41) is 10.7. The highest BCUT2D eigenvalue weighted by Crippen LogP contribution is 2.38. The first-order valence-corrected chi connectivity index (χ1v) is 9.73. The fourth-order valence-electron chi connectivity index (χ4n) is 4.76. The summed E-state index contributed by atoms with van der Waals surface area (Å²) in [6.07, 6.45) is 6.79. The first kappa shape index (κ1) is 17.7. The highest BCUT2D eigenvalue weighted by molar-refractivity contribution is 5.62. The minimum atomic E-state index is -0.158. The van der Waals surface area contributed by atoms with Crippen LogP contribution in [0.15, 0.2) is 48.8 Å². The summed E-state index contributed by atoms with van der Waals surface area (Å²) in [6.45, 7) is 5.13. The fraction of sp³-hybridized carbons (Fsp3) is 0.500. The van der Waals surface area contributed by atoms with E-state index in [0.717, 1.165) is 51.1 Å². The molecule has 0 saturated carbocycles. The molecule has 0 radical (unpaired) electrons. The lowest BCUT2D eigenvalue weighted by molar-refractivity contribution is -0.0807. The van der Waals surface area contributed by atoms with Gasteiger partial charge in [-0.05, 0) is 55.6 Å². The van der Waals surface area contributed by atoms with E-state index in [2.05, 4.69) is 52.2 Å². The number of piperidine rings is 2. The largest absolute Gasteiger partial charge is 0.392 e. The van der Waals surface area contributed by atoms with Gasteiger partial charge in [0.05, 0.1) is 6.10 Å². The maximum Gasteiger partial charge on any atom is 0.0633 e. The summed E-state index contributed by atoms with van der Waals surface area (Å²) in [4.78, 5) is 9.12. The van der Waals surface area contributed by atoms with Gasteiger partial charge in [-0.25, -0.2) is 0 Å². The lowest BCUT2D eigenvalue weighted by Crippen LogP contribution is -2.58. The van der Waals surface area contributed by atoms with Crippen LogP contribution in [0.4, 0.5) is 0 Å². The molecule has 0 bridgehead atoms. The van der Waals surface area contributed by atoms with Gasteiger partial charge in [-0.2, -0.15) is 0 Å². The van der Waals surface area contributed by atoms with Gasteiger partial charge in [-0.15, -0.1) is 0 Å². The van der Waals surface area contributed by atoms with Gasteiger partial charge in [0.15, 0.2) is 0 Å². The Morgan fingerprint density at radius 2 is 1.96 bits per heavy atom. The Kier molecular flexibility index (Phi) is 5.07. The Morgan fingerprint density at radius 3 is 2.73 bits per heavy atom. The molecule has 138 valence electrons. The number of aromatic nitrogens is 1. The van der Waals surface area contributed by atoms with Crippen LogP contribution in [0.1, 0.15) is 24.8 Å². The number of hydrogen-bond donors (Lipinski definition) is 1. The molecular formula is C22H29N3O. The molecule has 2 saturated heterocycles. The van der Waals surface area contributed by atoms with Gasteiger partial charge in [0, 0.05) is 44.0 Å². The minimum Gasteiger partial charge on any atom is -0.392 e. The van der Waals surface area contributed by atoms with Crippen molar-refractivity contribution in [3.8, 4) is 11.1 Å². The van der Waals surface area contributed by atoms with Gasteiger partial charge in [-0.3, -0.25) is 9.88 Å². The van der Waals surface area contributed by atoms with Crippen molar-refractivity contribution in [3.05, 3.63) is 54.4 Å². The van der Waals surface area contributed by atoms with E-state index >= 15 is 0 Å². The van der Waals surface area contributed by atoms with Gasteiger partial charge in [0.1, 0.15) is 0 Å². The van der Waals surface area contributed by atoms with Crippen molar-refractivity contribution in [2.24, 2.45) is 5.41 Å². The SMILES string of the molecule is CN1CC[C@H](O)[C@@]2(CCCN(Cc3ccc(-c4cccnc4)cc3)C2)C1. The van der Waals surface area contributed by atoms with Crippen molar-refractivity contribution >= 4 is 0 Å². The van der Waals surface area contributed by atoms with Gasteiger partial charge < -0.3 is 10.0 Å². The Balaban J connectivity index is 1.44. The van der Waals surface area contributed by atoms with Gasteiger partial charge in [0.2, 0.25) is 0 Å². The van der Waals surface area contributed by atoms with Crippen LogP contribution in [0.5, 0.6) is 0 Å². The third kappa shape index (κ3) is 3.68.